The van der Waals surface area contributed by atoms with Gasteiger partial charge in [0, 0.05) is 20.8 Å². The fraction of sp³-hybridized carbons (Fsp3) is 0.500. The zero-order valence-corrected chi connectivity index (χ0v) is 25.4. The van der Waals surface area contributed by atoms with Gasteiger partial charge in [0.2, 0.25) is 0 Å². The summed E-state index contributed by atoms with van der Waals surface area (Å²) in [5, 5.41) is 19.2. The standard InChI is InChI=1S/C30H38Cl3N5/c1-28(2,3)21-15-17-30(18-16-21,34-24-12-10-22(31)11-13-24)27-35-36-37-38(27)26(29(4,5)6)14-8-20-7-9-23(32)19-25(20)33/h7-14,19,21,26,34H,15-18H2,1-6H3/b14-8-/t21?,26-,30?/m1/s1. The Morgan fingerprint density at radius 1 is 0.947 bits per heavy atom. The molecule has 204 valence electrons. The summed E-state index contributed by atoms with van der Waals surface area (Å²) < 4.78 is 2.00. The lowest BCUT2D eigenvalue weighted by Gasteiger charge is -2.45. The maximum Gasteiger partial charge on any atom is 0.177 e. The minimum atomic E-state index is -0.408. The molecule has 0 amide bonds. The van der Waals surface area contributed by atoms with E-state index >= 15 is 0 Å². The third-order valence-electron chi connectivity index (χ3n) is 7.78. The number of aromatic nitrogens is 4. The molecule has 4 rings (SSSR count). The normalized spacial score (nSPS) is 21.6. The SMILES string of the molecule is CC(C)(C)C1CCC(Nc2ccc(Cl)cc2)(c2nnnn2[C@H](/C=C\c2ccc(Cl)cc2Cl)C(C)(C)C)CC1. The second-order valence-electron chi connectivity index (χ2n) is 12.6. The monoisotopic (exact) mass is 573 g/mol. The van der Waals surface area contributed by atoms with Crippen LogP contribution in [-0.4, -0.2) is 20.2 Å². The van der Waals surface area contributed by atoms with Crippen LogP contribution in [0.5, 0.6) is 0 Å². The van der Waals surface area contributed by atoms with E-state index in [1.807, 2.05) is 47.2 Å². The summed E-state index contributed by atoms with van der Waals surface area (Å²) in [4.78, 5) is 0. The van der Waals surface area contributed by atoms with Gasteiger partial charge in [-0.1, -0.05) is 94.6 Å². The Hall–Kier alpha value is -2.08. The van der Waals surface area contributed by atoms with Crippen LogP contribution in [0.1, 0.15) is 84.7 Å². The van der Waals surface area contributed by atoms with E-state index in [1.54, 1.807) is 6.07 Å². The highest BCUT2D eigenvalue weighted by molar-refractivity contribution is 6.35. The topological polar surface area (TPSA) is 55.6 Å². The van der Waals surface area contributed by atoms with Crippen molar-refractivity contribution in [3.63, 3.8) is 0 Å². The van der Waals surface area contributed by atoms with Crippen molar-refractivity contribution in [3.8, 4) is 0 Å². The maximum absolute atomic E-state index is 6.48. The van der Waals surface area contributed by atoms with E-state index in [0.717, 1.165) is 42.8 Å². The molecule has 1 N–H and O–H groups in total. The van der Waals surface area contributed by atoms with E-state index in [9.17, 15) is 0 Å². The summed E-state index contributed by atoms with van der Waals surface area (Å²) in [5.41, 5.74) is 1.60. The number of hydrogen-bond donors (Lipinski definition) is 1. The molecule has 1 aliphatic rings. The van der Waals surface area contributed by atoms with Crippen LogP contribution >= 0.6 is 34.8 Å². The lowest BCUT2D eigenvalue weighted by Crippen LogP contribution is -2.44. The quantitative estimate of drug-likeness (QED) is 0.318. The predicted molar refractivity (Wildman–Crippen MR) is 160 cm³/mol. The molecule has 1 heterocycles. The smallest absolute Gasteiger partial charge is 0.177 e. The Bertz CT molecular complexity index is 1260. The van der Waals surface area contributed by atoms with Crippen molar-refractivity contribution in [2.45, 2.75) is 78.8 Å². The molecule has 0 spiro atoms. The van der Waals surface area contributed by atoms with Crippen LogP contribution in [0.4, 0.5) is 5.69 Å². The highest BCUT2D eigenvalue weighted by Crippen LogP contribution is 2.47. The summed E-state index contributed by atoms with van der Waals surface area (Å²) in [7, 11) is 0. The third-order valence-corrected chi connectivity index (χ3v) is 8.60. The van der Waals surface area contributed by atoms with Crippen molar-refractivity contribution in [1.82, 2.24) is 20.2 Å². The van der Waals surface area contributed by atoms with Crippen LogP contribution in [0.3, 0.4) is 0 Å². The average molecular weight is 575 g/mol. The molecule has 0 radical (unpaired) electrons. The maximum atomic E-state index is 6.48. The summed E-state index contributed by atoms with van der Waals surface area (Å²) in [6.45, 7) is 13.6. The minimum absolute atomic E-state index is 0.108. The number of allylic oxidation sites excluding steroid dienone is 1. The van der Waals surface area contributed by atoms with Gasteiger partial charge in [0.15, 0.2) is 5.82 Å². The Morgan fingerprint density at radius 2 is 1.58 bits per heavy atom. The number of halogens is 3. The van der Waals surface area contributed by atoms with E-state index in [0.29, 0.717) is 21.0 Å². The molecule has 0 bridgehead atoms. The molecular weight excluding hydrogens is 537 g/mol. The first-order valence-corrected chi connectivity index (χ1v) is 14.4. The van der Waals surface area contributed by atoms with E-state index in [1.165, 1.54) is 0 Å². The van der Waals surface area contributed by atoms with Gasteiger partial charge in [-0.3, -0.25) is 0 Å². The number of nitrogens with zero attached hydrogens (tertiary/aromatic N) is 4. The van der Waals surface area contributed by atoms with Crippen molar-refractivity contribution in [2.75, 3.05) is 5.32 Å². The van der Waals surface area contributed by atoms with Crippen LogP contribution in [0.2, 0.25) is 15.1 Å². The highest BCUT2D eigenvalue weighted by atomic mass is 35.5. The van der Waals surface area contributed by atoms with Gasteiger partial charge >= 0.3 is 0 Å². The molecule has 0 unspecified atom stereocenters. The minimum Gasteiger partial charge on any atom is -0.373 e. The molecule has 3 aromatic rings. The number of hydrogen-bond acceptors (Lipinski definition) is 4. The van der Waals surface area contributed by atoms with Crippen molar-refractivity contribution in [2.24, 2.45) is 16.7 Å². The van der Waals surface area contributed by atoms with Gasteiger partial charge < -0.3 is 5.32 Å². The number of tetrazole rings is 1. The summed E-state index contributed by atoms with van der Waals surface area (Å²) in [6.07, 6.45) is 8.23. The van der Waals surface area contributed by atoms with Gasteiger partial charge in [0.25, 0.3) is 0 Å². The molecule has 1 saturated carbocycles. The number of anilines is 1. The molecule has 2 aromatic carbocycles. The number of benzene rings is 2. The van der Waals surface area contributed by atoms with Crippen LogP contribution in [0, 0.1) is 16.7 Å². The summed E-state index contributed by atoms with van der Waals surface area (Å²) in [6, 6.07) is 13.3. The fourth-order valence-electron chi connectivity index (χ4n) is 5.46. The average Bonchev–Trinajstić information content (AvgIpc) is 3.31. The van der Waals surface area contributed by atoms with Crippen LogP contribution in [0.15, 0.2) is 48.5 Å². The van der Waals surface area contributed by atoms with Crippen LogP contribution < -0.4 is 5.32 Å². The fourth-order valence-corrected chi connectivity index (χ4v) is 6.05. The second-order valence-corrected chi connectivity index (χ2v) is 13.9. The molecule has 1 fully saturated rings. The lowest BCUT2D eigenvalue weighted by atomic mass is 9.67. The van der Waals surface area contributed by atoms with Gasteiger partial charge in [-0.25, -0.2) is 4.68 Å². The molecule has 0 saturated heterocycles. The van der Waals surface area contributed by atoms with E-state index < -0.39 is 5.54 Å². The molecule has 8 heteroatoms. The first-order chi connectivity index (χ1) is 17.8. The number of nitrogens with one attached hydrogen (secondary N) is 1. The molecule has 1 atom stereocenters. The Morgan fingerprint density at radius 3 is 2.16 bits per heavy atom. The van der Waals surface area contributed by atoms with Gasteiger partial charge in [-0.05, 0) is 94.8 Å². The molecule has 38 heavy (non-hydrogen) atoms. The van der Waals surface area contributed by atoms with Gasteiger partial charge in [0.05, 0.1) is 11.6 Å². The second kappa shape index (κ2) is 11.2. The first-order valence-electron chi connectivity index (χ1n) is 13.2. The zero-order valence-electron chi connectivity index (χ0n) is 23.1. The summed E-state index contributed by atoms with van der Waals surface area (Å²) in [5.74, 6) is 1.49. The van der Waals surface area contributed by atoms with E-state index in [2.05, 4.69) is 68.5 Å². The van der Waals surface area contributed by atoms with Crippen molar-refractivity contribution < 1.29 is 0 Å². The third kappa shape index (κ3) is 6.55. The molecular formula is C30H38Cl3N5. The number of rotatable bonds is 6. The van der Waals surface area contributed by atoms with E-state index in [4.69, 9.17) is 34.8 Å². The zero-order chi connectivity index (χ0) is 27.7. The molecule has 5 nitrogen and oxygen atoms in total. The van der Waals surface area contributed by atoms with Crippen LogP contribution in [-0.2, 0) is 5.54 Å². The van der Waals surface area contributed by atoms with Crippen LogP contribution in [0.25, 0.3) is 6.08 Å². The van der Waals surface area contributed by atoms with Gasteiger partial charge in [-0.15, -0.1) is 5.10 Å². The van der Waals surface area contributed by atoms with Gasteiger partial charge in [-0.2, -0.15) is 0 Å². The summed E-state index contributed by atoms with van der Waals surface area (Å²) >= 11 is 18.8. The Labute approximate surface area is 241 Å². The lowest BCUT2D eigenvalue weighted by molar-refractivity contribution is 0.133. The van der Waals surface area contributed by atoms with Crippen molar-refractivity contribution in [3.05, 3.63) is 75.0 Å². The van der Waals surface area contributed by atoms with Crippen molar-refractivity contribution >= 4 is 46.6 Å². The van der Waals surface area contributed by atoms with Gasteiger partial charge in [0.1, 0.15) is 0 Å². The van der Waals surface area contributed by atoms with Crippen molar-refractivity contribution in [1.29, 1.82) is 0 Å². The predicted octanol–water partition coefficient (Wildman–Crippen LogP) is 9.48. The molecule has 1 aromatic heterocycles. The molecule has 1 aliphatic carbocycles. The Kier molecular flexibility index (Phi) is 8.52. The molecule has 0 aliphatic heterocycles. The largest absolute Gasteiger partial charge is 0.373 e. The first kappa shape index (κ1) is 28.9. The van der Waals surface area contributed by atoms with E-state index in [-0.39, 0.29) is 16.9 Å². The Balaban J connectivity index is 1.75. The highest BCUT2D eigenvalue weighted by Gasteiger charge is 2.45.